The average Bonchev–Trinajstić information content (AvgIpc) is 3.54. The summed E-state index contributed by atoms with van der Waals surface area (Å²) in [5, 5.41) is 20.8. The van der Waals surface area contributed by atoms with E-state index >= 15 is 0 Å². The van der Waals surface area contributed by atoms with Gasteiger partial charge in [0.2, 0.25) is 35.4 Å². The Bertz CT molecular complexity index is 1770. The highest BCUT2D eigenvalue weighted by molar-refractivity contribution is 5.97. The molecule has 0 saturated carbocycles. The lowest BCUT2D eigenvalue weighted by atomic mass is 9.96. The molecule has 3 heterocycles. The molecule has 52 heavy (non-hydrogen) atoms. The van der Waals surface area contributed by atoms with Crippen molar-refractivity contribution in [2.24, 2.45) is 11.7 Å². The minimum atomic E-state index is -1.29. The molecule has 5 rings (SSSR count). The molecule has 16 nitrogen and oxygen atoms in total. The minimum absolute atomic E-state index is 0.00578. The van der Waals surface area contributed by atoms with Crippen molar-refractivity contribution in [3.8, 4) is 0 Å². The predicted molar refractivity (Wildman–Crippen MR) is 189 cm³/mol. The molecule has 2 aromatic carbocycles. The van der Waals surface area contributed by atoms with Gasteiger partial charge in [0, 0.05) is 25.9 Å². The van der Waals surface area contributed by atoms with Gasteiger partial charge in [0.25, 0.3) is 0 Å². The minimum Gasteiger partial charge on any atom is -0.372 e. The van der Waals surface area contributed by atoms with Gasteiger partial charge in [-0.1, -0.05) is 61.5 Å². The number of nitrogens with two attached hydrogens (primary N) is 1. The zero-order chi connectivity index (χ0) is 37.2. The molecule has 2 aliphatic heterocycles. The topological polar surface area (TPSA) is 220 Å². The molecule has 4 atom stereocenters. The highest BCUT2D eigenvalue weighted by Gasteiger charge is 2.39. The fourth-order valence-corrected chi connectivity index (χ4v) is 6.34. The number of nitrogens with one attached hydrogen (secondary N) is 4. The van der Waals surface area contributed by atoms with Gasteiger partial charge < -0.3 is 36.6 Å². The molecule has 2 aliphatic rings. The molecule has 278 valence electrons. The van der Waals surface area contributed by atoms with Crippen molar-refractivity contribution in [2.75, 3.05) is 19.7 Å². The number of carbonyl (C=O) groups is 6. The first-order valence-corrected chi connectivity index (χ1v) is 17.7. The van der Waals surface area contributed by atoms with Gasteiger partial charge in [0.15, 0.2) is 0 Å². The van der Waals surface area contributed by atoms with E-state index in [1.54, 1.807) is 4.68 Å². The number of ether oxygens (including phenoxy) is 1. The van der Waals surface area contributed by atoms with Crippen LogP contribution in [0.1, 0.15) is 57.2 Å². The van der Waals surface area contributed by atoms with Gasteiger partial charge in [0.05, 0.1) is 31.6 Å². The standard InChI is InChI=1S/C36H47N9O7/c1-22(2)16-27(33(37)48)40-35(50)29-21-52-20-25-18-39-43-45(25)14-6-5-12-31(46)38-19-32(47)44-15-13-30(44)36(51)41-28(34(49)42-29)17-24-10-7-9-23-8-3-4-11-26(23)24/h3-4,7-11,18,22,27-30H,5-6,12-17,19-21H2,1-2H3,(H2,37,48)(H,38,46)(H,40,50)(H,41,51)(H,42,49)/t27-,28-,29-,30-/m0/s1. The first kappa shape index (κ1) is 37.9. The van der Waals surface area contributed by atoms with Crippen molar-refractivity contribution in [3.63, 3.8) is 0 Å². The number of carbonyl (C=O) groups excluding carboxylic acids is 6. The van der Waals surface area contributed by atoms with Crippen LogP contribution in [0.2, 0.25) is 0 Å². The first-order valence-electron chi connectivity index (χ1n) is 17.7. The molecule has 0 spiro atoms. The normalized spacial score (nSPS) is 21.8. The van der Waals surface area contributed by atoms with Crippen molar-refractivity contribution in [3.05, 3.63) is 59.9 Å². The number of nitrogens with zero attached hydrogens (tertiary/aromatic N) is 4. The van der Waals surface area contributed by atoms with Gasteiger partial charge in [-0.05, 0) is 47.9 Å². The van der Waals surface area contributed by atoms with Gasteiger partial charge in [-0.2, -0.15) is 0 Å². The van der Waals surface area contributed by atoms with Crippen LogP contribution >= 0.6 is 0 Å². The van der Waals surface area contributed by atoms with E-state index in [2.05, 4.69) is 31.6 Å². The number of benzene rings is 2. The number of primary amides is 1. The van der Waals surface area contributed by atoms with E-state index in [-0.39, 0.29) is 50.8 Å². The van der Waals surface area contributed by atoms with Gasteiger partial charge in [-0.15, -0.1) is 5.10 Å². The van der Waals surface area contributed by atoms with E-state index in [1.165, 1.54) is 11.1 Å². The van der Waals surface area contributed by atoms with E-state index in [0.29, 0.717) is 38.0 Å². The quantitative estimate of drug-likeness (QED) is 0.223. The zero-order valence-corrected chi connectivity index (χ0v) is 29.5. The SMILES string of the molecule is CC(C)C[C@H](NC(=O)[C@@H]1COCc2cnnn2CCCCC(=O)NCC(=O)N2CC[C@H]2C(=O)N[C@@H](Cc2cccc3ccccc23)C(=O)N1)C(N)=O. The first-order chi connectivity index (χ1) is 25.0. The van der Waals surface area contributed by atoms with E-state index in [0.717, 1.165) is 16.3 Å². The molecular formula is C36H47N9O7. The number of hydrogen-bond donors (Lipinski definition) is 5. The number of hydrogen-bond acceptors (Lipinski definition) is 9. The fraction of sp³-hybridized carbons (Fsp3) is 0.500. The highest BCUT2D eigenvalue weighted by atomic mass is 16.5. The Kier molecular flexibility index (Phi) is 12.9. The molecule has 0 bridgehead atoms. The maximum Gasteiger partial charge on any atom is 0.245 e. The summed E-state index contributed by atoms with van der Waals surface area (Å²) < 4.78 is 7.56. The Morgan fingerprint density at radius 3 is 2.56 bits per heavy atom. The van der Waals surface area contributed by atoms with Crippen LogP contribution in [-0.4, -0.2) is 99.2 Å². The molecule has 1 aromatic heterocycles. The number of amides is 6. The summed E-state index contributed by atoms with van der Waals surface area (Å²) in [4.78, 5) is 80.8. The molecule has 6 amide bonds. The summed E-state index contributed by atoms with van der Waals surface area (Å²) in [6.07, 6.45) is 3.56. The molecule has 3 aromatic rings. The third-order valence-corrected chi connectivity index (χ3v) is 9.27. The Balaban J connectivity index is 1.44. The summed E-state index contributed by atoms with van der Waals surface area (Å²) >= 11 is 0. The van der Waals surface area contributed by atoms with Crippen molar-refractivity contribution in [2.45, 2.75) is 89.7 Å². The van der Waals surface area contributed by atoms with Gasteiger partial charge >= 0.3 is 0 Å². The number of aromatic nitrogens is 3. The molecule has 1 saturated heterocycles. The van der Waals surface area contributed by atoms with E-state index in [4.69, 9.17) is 10.5 Å². The lowest BCUT2D eigenvalue weighted by molar-refractivity contribution is -0.148. The lowest BCUT2D eigenvalue weighted by Gasteiger charge is -2.40. The van der Waals surface area contributed by atoms with Crippen molar-refractivity contribution >= 4 is 46.2 Å². The van der Waals surface area contributed by atoms with Crippen molar-refractivity contribution < 1.29 is 33.5 Å². The number of rotatable bonds is 7. The van der Waals surface area contributed by atoms with Crippen molar-refractivity contribution in [1.29, 1.82) is 0 Å². The molecule has 6 N–H and O–H groups in total. The van der Waals surface area contributed by atoms with Gasteiger partial charge in [-0.3, -0.25) is 28.8 Å². The highest BCUT2D eigenvalue weighted by Crippen LogP contribution is 2.22. The molecule has 1 fully saturated rings. The molecule has 0 radical (unpaired) electrons. The Morgan fingerprint density at radius 1 is 1.02 bits per heavy atom. The zero-order valence-electron chi connectivity index (χ0n) is 29.5. The predicted octanol–water partition coefficient (Wildman–Crippen LogP) is 0.0774. The molecular weight excluding hydrogens is 670 g/mol. The van der Waals surface area contributed by atoms with Crippen LogP contribution in [-0.2, 0) is 53.1 Å². The maximum absolute atomic E-state index is 14.2. The van der Waals surface area contributed by atoms with E-state index < -0.39 is 53.7 Å². The van der Waals surface area contributed by atoms with Crippen LogP contribution in [0.5, 0.6) is 0 Å². The monoisotopic (exact) mass is 717 g/mol. The van der Waals surface area contributed by atoms with Gasteiger partial charge in [-0.25, -0.2) is 4.68 Å². The smallest absolute Gasteiger partial charge is 0.245 e. The molecule has 16 heteroatoms. The number of fused-ring (bicyclic) bond motifs is 3. The second-order valence-electron chi connectivity index (χ2n) is 13.6. The molecule has 0 aliphatic carbocycles. The third-order valence-electron chi connectivity index (χ3n) is 9.27. The summed E-state index contributed by atoms with van der Waals surface area (Å²) in [5.41, 5.74) is 6.99. The largest absolute Gasteiger partial charge is 0.372 e. The lowest BCUT2D eigenvalue weighted by Crippen LogP contribution is -2.63. The van der Waals surface area contributed by atoms with Crippen LogP contribution < -0.4 is 27.0 Å². The van der Waals surface area contributed by atoms with Crippen LogP contribution in [0.3, 0.4) is 0 Å². The molecule has 0 unspecified atom stereocenters. The van der Waals surface area contributed by atoms with E-state index in [9.17, 15) is 28.8 Å². The second kappa shape index (κ2) is 17.7. The maximum atomic E-state index is 14.2. The average molecular weight is 718 g/mol. The Morgan fingerprint density at radius 2 is 1.81 bits per heavy atom. The van der Waals surface area contributed by atoms with Crippen LogP contribution in [0.4, 0.5) is 0 Å². The second-order valence-corrected chi connectivity index (χ2v) is 13.6. The number of aryl methyl sites for hydroxylation is 1. The summed E-state index contributed by atoms with van der Waals surface area (Å²) in [6, 6.07) is 9.00. The van der Waals surface area contributed by atoms with E-state index in [1.807, 2.05) is 56.3 Å². The summed E-state index contributed by atoms with van der Waals surface area (Å²) in [5.74, 6) is -3.28. The van der Waals surface area contributed by atoms with Crippen molar-refractivity contribution in [1.82, 2.24) is 41.2 Å². The van der Waals surface area contributed by atoms with Crippen LogP contribution in [0, 0.1) is 5.92 Å². The Hall–Kier alpha value is -5.38. The summed E-state index contributed by atoms with van der Waals surface area (Å²) in [6.45, 7) is 3.98. The fourth-order valence-electron chi connectivity index (χ4n) is 6.34. The van der Waals surface area contributed by atoms with Crippen LogP contribution in [0.25, 0.3) is 10.8 Å². The summed E-state index contributed by atoms with van der Waals surface area (Å²) in [7, 11) is 0. The third kappa shape index (κ3) is 9.90. The van der Waals surface area contributed by atoms with Gasteiger partial charge in [0.1, 0.15) is 24.2 Å². The Labute approximate surface area is 301 Å². The van der Waals surface area contributed by atoms with Crippen LogP contribution in [0.15, 0.2) is 48.7 Å².